The fourth-order valence-electron chi connectivity index (χ4n) is 3.53. The van der Waals surface area contributed by atoms with E-state index in [2.05, 4.69) is 41.1 Å². The largest absolute Gasteiger partial charge is 0.488 e. The summed E-state index contributed by atoms with van der Waals surface area (Å²) in [4.78, 5) is 12.8. The predicted molar refractivity (Wildman–Crippen MR) is 130 cm³/mol. The van der Waals surface area contributed by atoms with Crippen LogP contribution in [0.5, 0.6) is 5.75 Å². The number of nitrogens with zero attached hydrogens (tertiary/aromatic N) is 2. The molecule has 5 nitrogen and oxygen atoms in total. The Morgan fingerprint density at radius 1 is 1.06 bits per heavy atom. The Balaban J connectivity index is 1.49. The van der Waals surface area contributed by atoms with Crippen molar-refractivity contribution in [2.75, 3.05) is 0 Å². The minimum absolute atomic E-state index is 0.266. The number of hydrogen-bond acceptors (Lipinski definition) is 3. The molecule has 3 aromatic carbocycles. The van der Waals surface area contributed by atoms with Crippen LogP contribution in [-0.4, -0.2) is 16.7 Å². The van der Waals surface area contributed by atoms with Gasteiger partial charge in [-0.25, -0.2) is 5.43 Å². The van der Waals surface area contributed by atoms with E-state index in [1.807, 2.05) is 48.7 Å². The molecule has 4 rings (SSSR count). The first-order valence-electron chi connectivity index (χ1n) is 10.4. The van der Waals surface area contributed by atoms with Crippen LogP contribution >= 0.6 is 11.6 Å². The lowest BCUT2D eigenvalue weighted by atomic mass is 10.2. The van der Waals surface area contributed by atoms with Crippen LogP contribution in [0.25, 0.3) is 10.9 Å². The lowest BCUT2D eigenvalue weighted by molar-refractivity contribution is 0.0950. The highest BCUT2D eigenvalue weighted by Gasteiger charge is 2.13. The molecular weight excluding hydrogens is 422 g/mol. The van der Waals surface area contributed by atoms with Gasteiger partial charge in [0, 0.05) is 39.3 Å². The van der Waals surface area contributed by atoms with E-state index in [1.165, 1.54) is 0 Å². The van der Waals surface area contributed by atoms with Crippen molar-refractivity contribution < 1.29 is 9.53 Å². The summed E-state index contributed by atoms with van der Waals surface area (Å²) in [6.45, 7) is 4.53. The van der Waals surface area contributed by atoms with Gasteiger partial charge in [-0.1, -0.05) is 60.1 Å². The van der Waals surface area contributed by atoms with Gasteiger partial charge in [-0.05, 0) is 38.1 Å². The second-order valence-electron chi connectivity index (χ2n) is 7.68. The highest BCUT2D eigenvalue weighted by Crippen LogP contribution is 2.24. The summed E-state index contributed by atoms with van der Waals surface area (Å²) >= 11 is 6.20. The smallest absolute Gasteiger partial charge is 0.275 e. The summed E-state index contributed by atoms with van der Waals surface area (Å²) < 4.78 is 8.07. The molecule has 0 saturated carbocycles. The SMILES string of the molecule is CC(C)n1cc(/C=N/NC(=O)c2ccccc2OCc2ccccc2Cl)c2ccccc21. The molecule has 0 aliphatic rings. The molecule has 6 heteroatoms. The normalized spacial score (nSPS) is 11.4. The zero-order valence-corrected chi connectivity index (χ0v) is 18.7. The van der Waals surface area contributed by atoms with E-state index in [-0.39, 0.29) is 12.5 Å². The third kappa shape index (κ3) is 4.68. The third-order valence-corrected chi connectivity index (χ3v) is 5.54. The summed E-state index contributed by atoms with van der Waals surface area (Å²) in [5.41, 5.74) is 5.95. The molecule has 0 fully saturated rings. The molecule has 1 N–H and O–H groups in total. The maximum atomic E-state index is 12.8. The molecule has 0 atom stereocenters. The fourth-order valence-corrected chi connectivity index (χ4v) is 3.72. The topological polar surface area (TPSA) is 55.6 Å². The lowest BCUT2D eigenvalue weighted by Gasteiger charge is -2.11. The quantitative estimate of drug-likeness (QED) is 0.271. The summed E-state index contributed by atoms with van der Waals surface area (Å²) in [6.07, 6.45) is 3.72. The second-order valence-corrected chi connectivity index (χ2v) is 8.09. The highest BCUT2D eigenvalue weighted by atomic mass is 35.5. The lowest BCUT2D eigenvalue weighted by Crippen LogP contribution is -2.18. The number of hydrazone groups is 1. The number of para-hydroxylation sites is 2. The van der Waals surface area contributed by atoms with Crippen molar-refractivity contribution >= 4 is 34.6 Å². The van der Waals surface area contributed by atoms with Crippen LogP contribution < -0.4 is 10.2 Å². The zero-order chi connectivity index (χ0) is 22.5. The molecule has 0 bridgehead atoms. The number of carbonyl (C=O) groups is 1. The number of fused-ring (bicyclic) bond motifs is 1. The van der Waals surface area contributed by atoms with Crippen LogP contribution in [0.1, 0.15) is 41.4 Å². The van der Waals surface area contributed by atoms with Gasteiger partial charge in [0.05, 0.1) is 11.8 Å². The van der Waals surface area contributed by atoms with E-state index in [4.69, 9.17) is 16.3 Å². The number of nitrogens with one attached hydrogen (secondary N) is 1. The van der Waals surface area contributed by atoms with Crippen molar-refractivity contribution in [3.63, 3.8) is 0 Å². The third-order valence-electron chi connectivity index (χ3n) is 5.17. The van der Waals surface area contributed by atoms with Crippen molar-refractivity contribution in [2.24, 2.45) is 5.10 Å². The molecule has 4 aromatic rings. The number of benzene rings is 3. The maximum Gasteiger partial charge on any atom is 0.275 e. The number of amides is 1. The van der Waals surface area contributed by atoms with Gasteiger partial charge in [0.15, 0.2) is 0 Å². The number of ether oxygens (including phenoxy) is 1. The van der Waals surface area contributed by atoms with E-state index in [0.29, 0.717) is 22.4 Å². The van der Waals surface area contributed by atoms with E-state index in [9.17, 15) is 4.79 Å². The van der Waals surface area contributed by atoms with Crippen molar-refractivity contribution in [3.05, 3.63) is 101 Å². The number of rotatable bonds is 7. The van der Waals surface area contributed by atoms with Gasteiger partial charge in [0.25, 0.3) is 5.91 Å². The van der Waals surface area contributed by atoms with Crippen LogP contribution in [0.2, 0.25) is 5.02 Å². The predicted octanol–water partition coefficient (Wildman–Crippen LogP) is 6.22. The van der Waals surface area contributed by atoms with Crippen LogP contribution in [0.3, 0.4) is 0 Å². The van der Waals surface area contributed by atoms with Crippen LogP contribution in [0, 0.1) is 0 Å². The first-order chi connectivity index (χ1) is 15.5. The Morgan fingerprint density at radius 2 is 1.78 bits per heavy atom. The Kier molecular flexibility index (Phi) is 6.57. The first-order valence-corrected chi connectivity index (χ1v) is 10.8. The van der Waals surface area contributed by atoms with Gasteiger partial charge >= 0.3 is 0 Å². The summed E-state index contributed by atoms with van der Waals surface area (Å²) in [7, 11) is 0. The molecule has 162 valence electrons. The van der Waals surface area contributed by atoms with Gasteiger partial charge < -0.3 is 9.30 Å². The molecule has 1 heterocycles. The molecule has 32 heavy (non-hydrogen) atoms. The van der Waals surface area contributed by atoms with Gasteiger partial charge in [-0.2, -0.15) is 5.10 Å². The number of aromatic nitrogens is 1. The minimum atomic E-state index is -0.344. The summed E-state index contributed by atoms with van der Waals surface area (Å²) in [5.74, 6) is 0.125. The molecule has 0 unspecified atom stereocenters. The average Bonchev–Trinajstić information content (AvgIpc) is 3.18. The molecule has 0 aliphatic heterocycles. The fraction of sp³-hybridized carbons (Fsp3) is 0.154. The number of hydrogen-bond donors (Lipinski definition) is 1. The molecule has 0 radical (unpaired) electrons. The average molecular weight is 446 g/mol. The summed E-state index contributed by atoms with van der Waals surface area (Å²) in [6, 6.07) is 23.0. The number of carbonyl (C=O) groups excluding carboxylic acids is 1. The van der Waals surface area contributed by atoms with Gasteiger partial charge in [-0.3, -0.25) is 4.79 Å². The standard InChI is InChI=1S/C26H24ClN3O2/c1-18(2)30-16-20(21-10-4-7-13-24(21)30)15-28-29-26(31)22-11-5-8-14-25(22)32-17-19-9-3-6-12-23(19)27/h3-16,18H,17H2,1-2H3,(H,29,31)/b28-15+. The molecular formula is C26H24ClN3O2. The van der Waals surface area contributed by atoms with Gasteiger partial charge in [0.1, 0.15) is 12.4 Å². The van der Waals surface area contributed by atoms with Crippen molar-refractivity contribution in [1.29, 1.82) is 0 Å². The second kappa shape index (κ2) is 9.71. The Hall–Kier alpha value is -3.57. The summed E-state index contributed by atoms with van der Waals surface area (Å²) in [5, 5.41) is 5.91. The maximum absolute atomic E-state index is 12.8. The van der Waals surface area contributed by atoms with Crippen molar-refractivity contribution in [1.82, 2.24) is 9.99 Å². The monoisotopic (exact) mass is 445 g/mol. The van der Waals surface area contributed by atoms with E-state index >= 15 is 0 Å². The number of halogens is 1. The van der Waals surface area contributed by atoms with E-state index < -0.39 is 0 Å². The van der Waals surface area contributed by atoms with Crippen LogP contribution in [0.4, 0.5) is 0 Å². The van der Waals surface area contributed by atoms with E-state index in [0.717, 1.165) is 22.0 Å². The van der Waals surface area contributed by atoms with Crippen LogP contribution in [0.15, 0.2) is 84.1 Å². The van der Waals surface area contributed by atoms with Gasteiger partial charge in [0.2, 0.25) is 0 Å². The molecule has 0 spiro atoms. The van der Waals surface area contributed by atoms with Gasteiger partial charge in [-0.15, -0.1) is 0 Å². The molecule has 0 saturated heterocycles. The Bertz CT molecular complexity index is 1280. The van der Waals surface area contributed by atoms with Crippen molar-refractivity contribution in [3.8, 4) is 5.75 Å². The van der Waals surface area contributed by atoms with Crippen LogP contribution in [-0.2, 0) is 6.61 Å². The van der Waals surface area contributed by atoms with E-state index in [1.54, 1.807) is 24.4 Å². The molecule has 1 aromatic heterocycles. The Morgan fingerprint density at radius 3 is 2.59 bits per heavy atom. The highest BCUT2D eigenvalue weighted by molar-refractivity contribution is 6.31. The molecule has 1 amide bonds. The Labute approximate surface area is 192 Å². The molecule has 0 aliphatic carbocycles. The van der Waals surface area contributed by atoms with Crippen molar-refractivity contribution in [2.45, 2.75) is 26.5 Å². The minimum Gasteiger partial charge on any atom is -0.488 e. The zero-order valence-electron chi connectivity index (χ0n) is 18.0. The first kappa shape index (κ1) is 21.7.